The highest BCUT2D eigenvalue weighted by atomic mass is 16.6. The van der Waals surface area contributed by atoms with Crippen LogP contribution in [0.1, 0.15) is 20.8 Å². The number of esters is 1. The van der Waals surface area contributed by atoms with Crippen LogP contribution in [-0.2, 0) is 19.0 Å². The molecule has 1 heterocycles. The number of alkyl carbamates (subject to hydrolysis) is 1. The Morgan fingerprint density at radius 3 is 2.52 bits per heavy atom. The molecule has 1 amide bonds. The predicted molar refractivity (Wildman–Crippen MR) is 76.9 cm³/mol. The SMILES string of the molecule is C=CCOC(=O)NCC1(OCC(=O)OC(C)(C)C)CNC1. The van der Waals surface area contributed by atoms with E-state index < -0.39 is 23.3 Å². The Hall–Kier alpha value is -1.60. The standard InChI is InChI=1S/C14H24N2O5/c1-5-6-19-12(18)16-10-14(8-15-9-14)20-7-11(17)21-13(2,3)4/h5,15H,1,6-10H2,2-4H3,(H,16,18). The Labute approximate surface area is 125 Å². The molecule has 0 aromatic carbocycles. The molecule has 7 heteroatoms. The van der Waals surface area contributed by atoms with Crippen LogP contribution in [0.25, 0.3) is 0 Å². The summed E-state index contributed by atoms with van der Waals surface area (Å²) in [6.45, 7) is 10.2. The molecule has 1 fully saturated rings. The number of hydrogen-bond acceptors (Lipinski definition) is 6. The number of amides is 1. The highest BCUT2D eigenvalue weighted by molar-refractivity contribution is 5.71. The fourth-order valence-electron chi connectivity index (χ4n) is 1.68. The van der Waals surface area contributed by atoms with Gasteiger partial charge in [-0.05, 0) is 20.8 Å². The van der Waals surface area contributed by atoms with Crippen molar-refractivity contribution in [1.82, 2.24) is 10.6 Å². The summed E-state index contributed by atoms with van der Waals surface area (Å²) in [4.78, 5) is 23.0. The Bertz CT molecular complexity index is 385. The van der Waals surface area contributed by atoms with Crippen molar-refractivity contribution in [3.8, 4) is 0 Å². The number of rotatable bonds is 7. The van der Waals surface area contributed by atoms with Crippen LogP contribution >= 0.6 is 0 Å². The topological polar surface area (TPSA) is 85.9 Å². The van der Waals surface area contributed by atoms with E-state index in [1.807, 2.05) is 0 Å². The average molecular weight is 300 g/mol. The summed E-state index contributed by atoms with van der Waals surface area (Å²) in [5.74, 6) is -0.428. The molecule has 0 aliphatic carbocycles. The van der Waals surface area contributed by atoms with Crippen LogP contribution in [0.3, 0.4) is 0 Å². The van der Waals surface area contributed by atoms with Crippen LogP contribution in [0.4, 0.5) is 4.79 Å². The first kappa shape index (κ1) is 17.5. The zero-order chi connectivity index (χ0) is 15.9. The molecule has 1 aliphatic heterocycles. The molecule has 1 aliphatic rings. The first-order chi connectivity index (χ1) is 9.76. The van der Waals surface area contributed by atoms with Crippen molar-refractivity contribution < 1.29 is 23.8 Å². The quantitative estimate of drug-likeness (QED) is 0.529. The predicted octanol–water partition coefficient (Wildman–Crippen LogP) is 0.599. The molecular weight excluding hydrogens is 276 g/mol. The van der Waals surface area contributed by atoms with Crippen LogP contribution in [0.5, 0.6) is 0 Å². The van der Waals surface area contributed by atoms with Gasteiger partial charge in [0.1, 0.15) is 24.4 Å². The van der Waals surface area contributed by atoms with E-state index in [1.165, 1.54) is 6.08 Å². The maximum Gasteiger partial charge on any atom is 0.407 e. The van der Waals surface area contributed by atoms with E-state index in [1.54, 1.807) is 20.8 Å². The molecule has 1 saturated heterocycles. The number of nitrogens with one attached hydrogen (secondary N) is 2. The van der Waals surface area contributed by atoms with Crippen LogP contribution in [0.2, 0.25) is 0 Å². The van der Waals surface area contributed by atoms with Gasteiger partial charge < -0.3 is 24.8 Å². The van der Waals surface area contributed by atoms with Gasteiger partial charge in [-0.2, -0.15) is 0 Å². The van der Waals surface area contributed by atoms with E-state index in [0.717, 1.165) is 0 Å². The highest BCUT2D eigenvalue weighted by Gasteiger charge is 2.39. The van der Waals surface area contributed by atoms with Gasteiger partial charge in [0.05, 0.1) is 6.54 Å². The summed E-state index contributed by atoms with van der Waals surface area (Å²) in [5, 5.41) is 5.66. The Kier molecular flexibility index (Phi) is 6.17. The largest absolute Gasteiger partial charge is 0.458 e. The van der Waals surface area contributed by atoms with E-state index in [0.29, 0.717) is 13.1 Å². The number of carbonyl (C=O) groups excluding carboxylic acids is 2. The van der Waals surface area contributed by atoms with Gasteiger partial charge in [-0.1, -0.05) is 12.7 Å². The molecule has 0 radical (unpaired) electrons. The third-order valence-corrected chi connectivity index (χ3v) is 2.70. The third kappa shape index (κ3) is 6.59. The molecule has 120 valence electrons. The smallest absolute Gasteiger partial charge is 0.407 e. The minimum absolute atomic E-state index is 0.149. The summed E-state index contributed by atoms with van der Waals surface area (Å²) in [5.41, 5.74) is -1.14. The lowest BCUT2D eigenvalue weighted by Gasteiger charge is -2.42. The Morgan fingerprint density at radius 1 is 1.38 bits per heavy atom. The fraction of sp³-hybridized carbons (Fsp3) is 0.714. The zero-order valence-corrected chi connectivity index (χ0v) is 12.9. The fourth-order valence-corrected chi connectivity index (χ4v) is 1.68. The molecule has 2 N–H and O–H groups in total. The minimum Gasteiger partial charge on any atom is -0.458 e. The second kappa shape index (κ2) is 7.42. The Morgan fingerprint density at radius 2 is 2.05 bits per heavy atom. The van der Waals surface area contributed by atoms with Crippen molar-refractivity contribution in [1.29, 1.82) is 0 Å². The van der Waals surface area contributed by atoms with Gasteiger partial charge in [0.15, 0.2) is 0 Å². The average Bonchev–Trinajstić information content (AvgIpc) is 2.32. The summed E-state index contributed by atoms with van der Waals surface area (Å²) < 4.78 is 15.6. The second-order valence-electron chi connectivity index (χ2n) is 5.90. The van der Waals surface area contributed by atoms with Crippen molar-refractivity contribution in [2.24, 2.45) is 0 Å². The van der Waals surface area contributed by atoms with Crippen molar-refractivity contribution in [2.75, 3.05) is 32.8 Å². The van der Waals surface area contributed by atoms with E-state index in [-0.39, 0.29) is 19.8 Å². The molecule has 0 aromatic rings. The lowest BCUT2D eigenvalue weighted by Crippen LogP contribution is -2.66. The number of carbonyl (C=O) groups is 2. The van der Waals surface area contributed by atoms with Crippen molar-refractivity contribution in [3.05, 3.63) is 12.7 Å². The van der Waals surface area contributed by atoms with Crippen molar-refractivity contribution in [2.45, 2.75) is 32.0 Å². The van der Waals surface area contributed by atoms with Gasteiger partial charge in [-0.3, -0.25) is 0 Å². The molecule has 1 rings (SSSR count). The van der Waals surface area contributed by atoms with Crippen molar-refractivity contribution >= 4 is 12.1 Å². The van der Waals surface area contributed by atoms with E-state index >= 15 is 0 Å². The summed E-state index contributed by atoms with van der Waals surface area (Å²) >= 11 is 0. The molecule has 0 bridgehead atoms. The molecular formula is C14H24N2O5. The van der Waals surface area contributed by atoms with Crippen LogP contribution in [0, 0.1) is 0 Å². The highest BCUT2D eigenvalue weighted by Crippen LogP contribution is 2.16. The summed E-state index contributed by atoms with van der Waals surface area (Å²) in [7, 11) is 0. The maximum absolute atomic E-state index is 11.6. The van der Waals surface area contributed by atoms with E-state index in [4.69, 9.17) is 14.2 Å². The first-order valence-corrected chi connectivity index (χ1v) is 6.84. The molecule has 7 nitrogen and oxygen atoms in total. The lowest BCUT2D eigenvalue weighted by atomic mass is 9.97. The molecule has 0 saturated carbocycles. The Balaban J connectivity index is 2.34. The normalized spacial score (nSPS) is 16.5. The second-order valence-corrected chi connectivity index (χ2v) is 5.90. The minimum atomic E-state index is -0.593. The molecule has 21 heavy (non-hydrogen) atoms. The monoisotopic (exact) mass is 300 g/mol. The first-order valence-electron chi connectivity index (χ1n) is 6.84. The van der Waals surface area contributed by atoms with Crippen LogP contribution in [0.15, 0.2) is 12.7 Å². The molecule has 0 atom stereocenters. The van der Waals surface area contributed by atoms with Crippen LogP contribution < -0.4 is 10.6 Å². The van der Waals surface area contributed by atoms with Crippen LogP contribution in [-0.4, -0.2) is 56.1 Å². The molecule has 0 unspecified atom stereocenters. The van der Waals surface area contributed by atoms with Gasteiger partial charge in [-0.25, -0.2) is 9.59 Å². The van der Waals surface area contributed by atoms with Gasteiger partial charge in [0, 0.05) is 13.1 Å². The molecule has 0 aromatic heterocycles. The lowest BCUT2D eigenvalue weighted by molar-refractivity contribution is -0.170. The number of ether oxygens (including phenoxy) is 3. The third-order valence-electron chi connectivity index (χ3n) is 2.70. The van der Waals surface area contributed by atoms with Gasteiger partial charge >= 0.3 is 12.1 Å². The van der Waals surface area contributed by atoms with Gasteiger partial charge in [0.2, 0.25) is 0 Å². The summed E-state index contributed by atoms with van der Waals surface area (Å²) in [6, 6.07) is 0. The van der Waals surface area contributed by atoms with E-state index in [9.17, 15) is 9.59 Å². The van der Waals surface area contributed by atoms with Gasteiger partial charge in [-0.15, -0.1) is 0 Å². The van der Waals surface area contributed by atoms with Gasteiger partial charge in [0.25, 0.3) is 0 Å². The number of hydrogen-bond donors (Lipinski definition) is 2. The molecule has 0 spiro atoms. The zero-order valence-electron chi connectivity index (χ0n) is 12.9. The maximum atomic E-state index is 11.6. The van der Waals surface area contributed by atoms with E-state index in [2.05, 4.69) is 17.2 Å². The summed E-state index contributed by atoms with van der Waals surface area (Å²) in [6.07, 6.45) is 0.946. The van der Waals surface area contributed by atoms with Crippen molar-refractivity contribution in [3.63, 3.8) is 0 Å².